The number of benzene rings is 1. The third-order valence-corrected chi connectivity index (χ3v) is 8.91. The maximum Gasteiger partial charge on any atom is 0.430 e. The van der Waals surface area contributed by atoms with Crippen LogP contribution in [0.15, 0.2) is 22.6 Å². The van der Waals surface area contributed by atoms with Crippen molar-refractivity contribution in [3.63, 3.8) is 0 Å². The number of likely N-dealkylation sites (tertiary alicyclic amines) is 1. The number of rotatable bonds is 7. The number of alkyl halides is 7. The van der Waals surface area contributed by atoms with Gasteiger partial charge in [-0.2, -0.15) is 26.3 Å². The molecule has 0 bridgehead atoms. The summed E-state index contributed by atoms with van der Waals surface area (Å²) in [5, 5.41) is 18.1. The molecule has 2 aromatic heterocycles. The zero-order valence-corrected chi connectivity index (χ0v) is 27.1. The minimum atomic E-state index is -6.16. The number of nitrogens with zero attached hydrogens (tertiary/aromatic N) is 4. The van der Waals surface area contributed by atoms with Crippen LogP contribution in [0.2, 0.25) is 0 Å². The Morgan fingerprint density at radius 1 is 0.979 bits per heavy atom. The van der Waals surface area contributed by atoms with Crippen molar-refractivity contribution < 1.29 is 54.6 Å². The number of carbonyl (C=O) groups excluding carboxylic acids is 2. The molecule has 17 heteroatoms. The maximum absolute atomic E-state index is 14.0. The Morgan fingerprint density at radius 3 is 2.09 bits per heavy atom. The molecule has 3 heterocycles. The molecule has 1 fully saturated rings. The van der Waals surface area contributed by atoms with Crippen LogP contribution in [-0.4, -0.2) is 75.8 Å². The first-order valence-corrected chi connectivity index (χ1v) is 15.2. The number of thiazole rings is 1. The van der Waals surface area contributed by atoms with Crippen molar-refractivity contribution in [3.05, 3.63) is 40.9 Å². The zero-order chi connectivity index (χ0) is 35.3. The van der Waals surface area contributed by atoms with E-state index in [1.807, 2.05) is 0 Å². The number of hydrogen-bond donors (Lipinski definition) is 1. The smallest absolute Gasteiger partial charge is 0.430 e. The van der Waals surface area contributed by atoms with Gasteiger partial charge in [-0.3, -0.25) is 9.59 Å². The van der Waals surface area contributed by atoms with Gasteiger partial charge in [0.05, 0.1) is 17.4 Å². The van der Waals surface area contributed by atoms with E-state index in [2.05, 4.69) is 15.2 Å². The molecule has 1 aliphatic heterocycles. The highest BCUT2D eigenvalue weighted by Crippen LogP contribution is 2.52. The normalized spacial score (nSPS) is 15.7. The Hall–Kier alpha value is -3.60. The van der Waals surface area contributed by atoms with E-state index in [0.717, 1.165) is 0 Å². The summed E-state index contributed by atoms with van der Waals surface area (Å²) >= 11 is 0.690. The fraction of sp³-hybridized carbons (Fsp3) is 0.567. The molecule has 258 valence electrons. The molecule has 4 rings (SSSR count). The first kappa shape index (κ1) is 36.2. The third-order valence-electron chi connectivity index (χ3n) is 7.82. The van der Waals surface area contributed by atoms with Crippen LogP contribution < -0.4 is 0 Å². The summed E-state index contributed by atoms with van der Waals surface area (Å²) in [6.07, 6.45) is -13.5. The molecule has 1 saturated heterocycles. The minimum absolute atomic E-state index is 0.00516. The zero-order valence-electron chi connectivity index (χ0n) is 26.3. The van der Waals surface area contributed by atoms with Crippen LogP contribution in [0.1, 0.15) is 75.0 Å². The van der Waals surface area contributed by atoms with Crippen molar-refractivity contribution in [2.75, 3.05) is 20.2 Å². The number of esters is 1. The maximum atomic E-state index is 14.0. The lowest BCUT2D eigenvalue weighted by atomic mass is 9.81. The highest BCUT2D eigenvalue weighted by molar-refractivity contribution is 7.18. The number of methoxy groups -OCH3 is 1. The van der Waals surface area contributed by atoms with Crippen molar-refractivity contribution >= 4 is 23.2 Å². The molecule has 9 nitrogen and oxygen atoms in total. The summed E-state index contributed by atoms with van der Waals surface area (Å²) in [6.45, 7) is 7.80. The van der Waals surface area contributed by atoms with Gasteiger partial charge in [-0.25, -0.2) is 9.37 Å². The van der Waals surface area contributed by atoms with Crippen LogP contribution in [0.25, 0.3) is 21.3 Å². The molecule has 1 amide bonds. The molecule has 0 aliphatic carbocycles. The highest BCUT2D eigenvalue weighted by atomic mass is 32.1. The fourth-order valence-electron chi connectivity index (χ4n) is 4.98. The molecule has 0 radical (unpaired) electrons. The fourth-order valence-corrected chi connectivity index (χ4v) is 5.95. The number of piperidine rings is 1. The van der Waals surface area contributed by atoms with Gasteiger partial charge in [0, 0.05) is 25.1 Å². The molecule has 0 unspecified atom stereocenters. The number of amides is 1. The van der Waals surface area contributed by atoms with Crippen molar-refractivity contribution in [2.24, 2.45) is 5.41 Å². The largest absolute Gasteiger partial charge is 0.469 e. The van der Waals surface area contributed by atoms with Crippen molar-refractivity contribution in [3.8, 4) is 21.3 Å². The Balaban J connectivity index is 1.93. The second-order valence-corrected chi connectivity index (χ2v) is 14.0. The Morgan fingerprint density at radius 2 is 1.55 bits per heavy atom. The summed E-state index contributed by atoms with van der Waals surface area (Å²) in [5.41, 5.74) is -9.46. The van der Waals surface area contributed by atoms with E-state index in [1.165, 1.54) is 18.1 Å². The number of ether oxygens (including phenoxy) is 1. The van der Waals surface area contributed by atoms with Crippen LogP contribution in [0.5, 0.6) is 0 Å². The van der Waals surface area contributed by atoms with Gasteiger partial charge < -0.3 is 19.2 Å². The van der Waals surface area contributed by atoms with Crippen molar-refractivity contribution in [2.45, 2.75) is 83.4 Å². The second-order valence-electron chi connectivity index (χ2n) is 13.0. The Labute approximate surface area is 269 Å². The molecule has 0 spiro atoms. The van der Waals surface area contributed by atoms with Crippen molar-refractivity contribution in [1.29, 1.82) is 0 Å². The number of halogens is 7. The third kappa shape index (κ3) is 7.15. The van der Waals surface area contributed by atoms with E-state index < -0.39 is 52.4 Å². The van der Waals surface area contributed by atoms with E-state index in [-0.39, 0.29) is 70.8 Å². The number of hydrogen-bond acceptors (Lipinski definition) is 9. The number of aliphatic hydroxyl groups is 1. The molecule has 3 aromatic rings. The van der Waals surface area contributed by atoms with Gasteiger partial charge in [0.2, 0.25) is 5.89 Å². The number of aromatic nitrogens is 3. The van der Waals surface area contributed by atoms with Gasteiger partial charge in [-0.1, -0.05) is 26.8 Å². The lowest BCUT2D eigenvalue weighted by Gasteiger charge is -2.34. The van der Waals surface area contributed by atoms with Crippen LogP contribution in [0.4, 0.5) is 30.7 Å². The van der Waals surface area contributed by atoms with Gasteiger partial charge in [-0.15, -0.1) is 21.5 Å². The lowest BCUT2D eigenvalue weighted by Crippen LogP contribution is -2.54. The first-order chi connectivity index (χ1) is 21.5. The van der Waals surface area contributed by atoms with Crippen LogP contribution in [0.3, 0.4) is 0 Å². The summed E-state index contributed by atoms with van der Waals surface area (Å²) in [6, 6.07) is 2.47. The van der Waals surface area contributed by atoms with Crippen molar-refractivity contribution in [1.82, 2.24) is 20.1 Å². The standard InChI is InChI=1S/C30H33F7N4O5S/c1-26(2,3)16-11-15(12-17(13-16)28(44,29(32,33)34)30(35,36)37)21-20(24(42)41-9-7-18(31)8-10-41)38-23(47-21)22-40-39-19(46-22)14-27(4,5)25(43)45-6/h11-13,18,44H,7-10,14H2,1-6H3. The molecule has 1 aromatic carbocycles. The Kier molecular flexibility index (Phi) is 9.60. The molecule has 0 atom stereocenters. The SMILES string of the molecule is COC(=O)C(C)(C)Cc1nnc(-c2nc(C(=O)N3CCC(F)CC3)c(-c3cc(C(C)(C)C)cc(C(O)(C(F)(F)F)C(F)(F)F)c3)s2)o1. The van der Waals surface area contributed by atoms with E-state index in [0.29, 0.717) is 23.5 Å². The first-order valence-electron chi connectivity index (χ1n) is 14.4. The molecule has 1 N–H and O–H groups in total. The monoisotopic (exact) mass is 694 g/mol. The average molecular weight is 695 g/mol. The van der Waals surface area contributed by atoms with Crippen LogP contribution in [-0.2, 0) is 27.0 Å². The van der Waals surface area contributed by atoms with E-state index in [9.17, 15) is 45.4 Å². The van der Waals surface area contributed by atoms with E-state index in [4.69, 9.17) is 9.15 Å². The summed E-state index contributed by atoms with van der Waals surface area (Å²) in [7, 11) is 1.21. The Bertz CT molecular complexity index is 1620. The molecule has 1 aliphatic rings. The summed E-state index contributed by atoms with van der Waals surface area (Å²) in [4.78, 5) is 31.4. The van der Waals surface area contributed by atoms with Gasteiger partial charge in [-0.05, 0) is 55.4 Å². The summed E-state index contributed by atoms with van der Waals surface area (Å²) in [5.74, 6) is -1.55. The topological polar surface area (TPSA) is 119 Å². The lowest BCUT2D eigenvalue weighted by molar-refractivity contribution is -0.376. The predicted octanol–water partition coefficient (Wildman–Crippen LogP) is 6.79. The molecular formula is C30H33F7N4O5S. The average Bonchev–Trinajstić information content (AvgIpc) is 3.61. The minimum Gasteiger partial charge on any atom is -0.469 e. The highest BCUT2D eigenvalue weighted by Gasteiger charge is 2.71. The number of carbonyl (C=O) groups is 2. The van der Waals surface area contributed by atoms with Crippen LogP contribution >= 0.6 is 11.3 Å². The quantitative estimate of drug-likeness (QED) is 0.212. The van der Waals surface area contributed by atoms with E-state index in [1.54, 1.807) is 34.6 Å². The van der Waals surface area contributed by atoms with Gasteiger partial charge in [0.25, 0.3) is 17.4 Å². The molecule has 0 saturated carbocycles. The molecule has 47 heavy (non-hydrogen) atoms. The van der Waals surface area contributed by atoms with Gasteiger partial charge in [0.15, 0.2) is 5.01 Å². The van der Waals surface area contributed by atoms with Gasteiger partial charge in [0.1, 0.15) is 11.9 Å². The predicted molar refractivity (Wildman–Crippen MR) is 155 cm³/mol. The van der Waals surface area contributed by atoms with Crippen LogP contribution in [0, 0.1) is 5.41 Å². The second kappa shape index (κ2) is 12.5. The molecular weight excluding hydrogens is 661 g/mol. The van der Waals surface area contributed by atoms with Gasteiger partial charge >= 0.3 is 18.3 Å². The van der Waals surface area contributed by atoms with E-state index >= 15 is 0 Å². The summed E-state index contributed by atoms with van der Waals surface area (Å²) < 4.78 is 108.